The fourth-order valence-corrected chi connectivity index (χ4v) is 4.62. The molecular formula is C32H46. The minimum absolute atomic E-state index is 0.908. The van der Waals surface area contributed by atoms with Crippen molar-refractivity contribution in [3.63, 3.8) is 0 Å². The molecule has 0 radical (unpaired) electrons. The first-order chi connectivity index (χ1) is 15.7. The summed E-state index contributed by atoms with van der Waals surface area (Å²) in [5.41, 5.74) is 4.23. The summed E-state index contributed by atoms with van der Waals surface area (Å²) in [6.45, 7) is 8.55. The maximum atomic E-state index is 3.63. The highest BCUT2D eigenvalue weighted by Crippen LogP contribution is 2.25. The molecule has 2 unspecified atom stereocenters. The Morgan fingerprint density at radius 1 is 0.594 bits per heavy atom. The number of allylic oxidation sites excluding steroid dienone is 1. The highest BCUT2D eigenvalue weighted by Gasteiger charge is 2.08. The number of hydrogen-bond donors (Lipinski definition) is 0. The maximum Gasteiger partial charge on any atom is -0.0257 e. The van der Waals surface area contributed by atoms with Crippen LogP contribution in [0.25, 0.3) is 12.2 Å². The van der Waals surface area contributed by atoms with Gasteiger partial charge in [-0.2, -0.15) is 0 Å². The topological polar surface area (TPSA) is 0 Å². The first-order valence-electron chi connectivity index (χ1n) is 13.1. The van der Waals surface area contributed by atoms with Crippen LogP contribution in [0.2, 0.25) is 0 Å². The predicted molar refractivity (Wildman–Crippen MR) is 145 cm³/mol. The summed E-state index contributed by atoms with van der Waals surface area (Å²) in [6, 6.07) is 20.9. The van der Waals surface area contributed by atoms with E-state index in [0.29, 0.717) is 0 Å². The minimum Gasteiger partial charge on any atom is -0.0985 e. The molecule has 0 aromatic heterocycles. The van der Waals surface area contributed by atoms with E-state index in [1.165, 1.54) is 88.2 Å². The van der Waals surface area contributed by atoms with Gasteiger partial charge in [0, 0.05) is 0 Å². The van der Waals surface area contributed by atoms with E-state index in [0.717, 1.165) is 11.8 Å². The van der Waals surface area contributed by atoms with Crippen molar-refractivity contribution in [1.29, 1.82) is 0 Å². The van der Waals surface area contributed by atoms with Gasteiger partial charge in [0.05, 0.1) is 0 Å². The van der Waals surface area contributed by atoms with Gasteiger partial charge >= 0.3 is 0 Å². The molecule has 2 atom stereocenters. The number of hydrogen-bond acceptors (Lipinski definition) is 0. The van der Waals surface area contributed by atoms with E-state index < -0.39 is 0 Å². The lowest BCUT2D eigenvalue weighted by atomic mass is 9.94. The van der Waals surface area contributed by atoms with Crippen LogP contribution in [0.3, 0.4) is 0 Å². The van der Waals surface area contributed by atoms with Crippen molar-refractivity contribution in [2.45, 2.75) is 90.9 Å². The standard InChI is InChI=1S/C24H38.C8H8/c1-21-12-5-3-6-13-22(2)15-11-19-24(18-10-9-14-21)20-23-16-7-4-8-17-23;1-2-8-6-4-3-5-7-8/h4,7-8,16-17,20-22H,3,5-6,9-15,18-19H2,1-2H3;2-7H,1H2. The second-order valence-electron chi connectivity index (χ2n) is 9.81. The molecule has 0 aliphatic heterocycles. The summed E-state index contributed by atoms with van der Waals surface area (Å²) in [4.78, 5) is 0. The molecule has 0 heteroatoms. The zero-order valence-corrected chi connectivity index (χ0v) is 20.8. The maximum absolute atomic E-state index is 3.63. The van der Waals surface area contributed by atoms with Gasteiger partial charge in [0.2, 0.25) is 0 Å². The molecule has 1 saturated carbocycles. The zero-order chi connectivity index (χ0) is 22.9. The van der Waals surface area contributed by atoms with Gasteiger partial charge < -0.3 is 0 Å². The second kappa shape index (κ2) is 16.5. The van der Waals surface area contributed by atoms with Gasteiger partial charge in [-0.15, -0.1) is 0 Å². The van der Waals surface area contributed by atoms with E-state index in [-0.39, 0.29) is 0 Å². The molecule has 0 N–H and O–H groups in total. The third-order valence-corrected chi connectivity index (χ3v) is 6.74. The van der Waals surface area contributed by atoms with E-state index in [1.54, 1.807) is 5.57 Å². The molecule has 2 aromatic rings. The molecule has 0 amide bonds. The number of rotatable bonds is 2. The molecule has 1 aliphatic carbocycles. The van der Waals surface area contributed by atoms with Crippen molar-refractivity contribution in [3.05, 3.63) is 83.9 Å². The van der Waals surface area contributed by atoms with Gasteiger partial charge in [-0.25, -0.2) is 0 Å². The lowest BCUT2D eigenvalue weighted by Gasteiger charge is -2.12. The Hall–Kier alpha value is -2.08. The molecule has 174 valence electrons. The largest absolute Gasteiger partial charge is 0.0985 e. The van der Waals surface area contributed by atoms with Crippen molar-refractivity contribution < 1.29 is 0 Å². The van der Waals surface area contributed by atoms with Gasteiger partial charge in [-0.3, -0.25) is 0 Å². The lowest BCUT2D eigenvalue weighted by Crippen LogP contribution is -1.96. The third kappa shape index (κ3) is 12.1. The van der Waals surface area contributed by atoms with Crippen LogP contribution < -0.4 is 0 Å². The van der Waals surface area contributed by atoms with Gasteiger partial charge in [0.1, 0.15) is 0 Å². The first kappa shape index (κ1) is 26.2. The van der Waals surface area contributed by atoms with Crippen molar-refractivity contribution in [3.8, 4) is 0 Å². The van der Waals surface area contributed by atoms with Gasteiger partial charge in [-0.05, 0) is 48.6 Å². The summed E-state index contributed by atoms with van der Waals surface area (Å²) in [5, 5.41) is 0. The Morgan fingerprint density at radius 2 is 1.06 bits per heavy atom. The molecular weight excluding hydrogens is 384 g/mol. The summed E-state index contributed by atoms with van der Waals surface area (Å²) in [5.74, 6) is 1.83. The molecule has 1 aliphatic rings. The second-order valence-corrected chi connectivity index (χ2v) is 9.81. The smallest absolute Gasteiger partial charge is 0.0257 e. The van der Waals surface area contributed by atoms with Crippen molar-refractivity contribution in [2.24, 2.45) is 11.8 Å². The van der Waals surface area contributed by atoms with E-state index >= 15 is 0 Å². The van der Waals surface area contributed by atoms with Gasteiger partial charge in [0.25, 0.3) is 0 Å². The Labute approximate surface area is 198 Å². The molecule has 0 nitrogen and oxygen atoms in total. The fraction of sp³-hybridized carbons (Fsp3) is 0.500. The molecule has 2 aromatic carbocycles. The quantitative estimate of drug-likeness (QED) is 0.444. The summed E-state index contributed by atoms with van der Waals surface area (Å²) < 4.78 is 0. The normalized spacial score (nSPS) is 22.6. The highest BCUT2D eigenvalue weighted by atomic mass is 14.1. The van der Waals surface area contributed by atoms with Crippen molar-refractivity contribution >= 4 is 12.2 Å². The first-order valence-corrected chi connectivity index (χ1v) is 13.1. The SMILES string of the molecule is C=Cc1ccccc1.CC1CCCCCC(C)CCCC(=Cc2ccccc2)CCCC1. The Bertz CT molecular complexity index is 740. The predicted octanol–water partition coefficient (Wildman–Crippen LogP) is 10.4. The monoisotopic (exact) mass is 430 g/mol. The van der Waals surface area contributed by atoms with E-state index in [2.05, 4.69) is 56.8 Å². The van der Waals surface area contributed by atoms with E-state index in [9.17, 15) is 0 Å². The van der Waals surface area contributed by atoms with Crippen LogP contribution in [0.15, 0.2) is 72.8 Å². The Kier molecular flexibility index (Phi) is 13.5. The zero-order valence-electron chi connectivity index (χ0n) is 20.8. The van der Waals surface area contributed by atoms with Crippen LogP contribution in [0.1, 0.15) is 102 Å². The molecule has 32 heavy (non-hydrogen) atoms. The van der Waals surface area contributed by atoms with Gasteiger partial charge in [0.15, 0.2) is 0 Å². The molecule has 1 fully saturated rings. The summed E-state index contributed by atoms with van der Waals surface area (Å²) in [7, 11) is 0. The van der Waals surface area contributed by atoms with Crippen LogP contribution >= 0.6 is 0 Å². The highest BCUT2D eigenvalue weighted by molar-refractivity contribution is 5.52. The lowest BCUT2D eigenvalue weighted by molar-refractivity contribution is 0.419. The van der Waals surface area contributed by atoms with Crippen LogP contribution in [0.5, 0.6) is 0 Å². The Balaban J connectivity index is 0.000000380. The molecule has 0 bridgehead atoms. The van der Waals surface area contributed by atoms with Crippen LogP contribution in [0, 0.1) is 11.8 Å². The Morgan fingerprint density at radius 3 is 1.59 bits per heavy atom. The fourth-order valence-electron chi connectivity index (χ4n) is 4.62. The number of benzene rings is 2. The molecule has 0 spiro atoms. The summed E-state index contributed by atoms with van der Waals surface area (Å²) >= 11 is 0. The molecule has 0 heterocycles. The van der Waals surface area contributed by atoms with Crippen LogP contribution in [-0.4, -0.2) is 0 Å². The van der Waals surface area contributed by atoms with Crippen LogP contribution in [-0.2, 0) is 0 Å². The van der Waals surface area contributed by atoms with Crippen molar-refractivity contribution in [2.75, 3.05) is 0 Å². The van der Waals surface area contributed by atoms with E-state index in [4.69, 9.17) is 0 Å². The molecule has 0 saturated heterocycles. The van der Waals surface area contributed by atoms with Crippen molar-refractivity contribution in [1.82, 2.24) is 0 Å². The minimum atomic E-state index is 0.908. The average molecular weight is 431 g/mol. The van der Waals surface area contributed by atoms with E-state index in [1.807, 2.05) is 36.4 Å². The average Bonchev–Trinajstić information content (AvgIpc) is 2.83. The summed E-state index contributed by atoms with van der Waals surface area (Å²) in [6.07, 6.45) is 21.1. The third-order valence-electron chi connectivity index (χ3n) is 6.74. The molecule has 3 rings (SSSR count). The van der Waals surface area contributed by atoms with Crippen LogP contribution in [0.4, 0.5) is 0 Å². The van der Waals surface area contributed by atoms with Gasteiger partial charge in [-0.1, -0.05) is 150 Å².